The van der Waals surface area contributed by atoms with Crippen molar-refractivity contribution in [3.05, 3.63) is 59.1 Å². The molecule has 2 aromatic carbocycles. The Morgan fingerprint density at radius 3 is 2.35 bits per heavy atom. The number of carbonyl (C=O) groups excluding carboxylic acids is 1. The molecule has 2 aromatic rings. The number of benzene rings is 2. The zero-order chi connectivity index (χ0) is 16.2. The Morgan fingerprint density at radius 1 is 1.04 bits per heavy atom. The Hall–Kier alpha value is -1.65. The van der Waals surface area contributed by atoms with Gasteiger partial charge in [0, 0.05) is 47.3 Å². The number of thioether (sulfide) groups is 1. The first kappa shape index (κ1) is 16.2. The largest absolute Gasteiger partial charge is 0.368 e. The normalized spacial score (nSPS) is 14.9. The second kappa shape index (κ2) is 7.28. The summed E-state index contributed by atoms with van der Waals surface area (Å²) in [5.41, 5.74) is 1.88. The minimum atomic E-state index is 0.114. The first-order valence-corrected chi connectivity index (χ1v) is 9.21. The molecule has 1 saturated heterocycles. The molecule has 5 heteroatoms. The quantitative estimate of drug-likeness (QED) is 0.784. The van der Waals surface area contributed by atoms with Crippen molar-refractivity contribution in [2.24, 2.45) is 0 Å². The number of hydrogen-bond acceptors (Lipinski definition) is 3. The second-order valence-corrected chi connectivity index (χ2v) is 6.80. The van der Waals surface area contributed by atoms with Crippen molar-refractivity contribution in [3.8, 4) is 0 Å². The van der Waals surface area contributed by atoms with Gasteiger partial charge in [-0.2, -0.15) is 0 Å². The van der Waals surface area contributed by atoms with Gasteiger partial charge in [-0.1, -0.05) is 17.7 Å². The highest BCUT2D eigenvalue weighted by Crippen LogP contribution is 2.22. The zero-order valence-corrected chi connectivity index (χ0v) is 14.6. The van der Waals surface area contributed by atoms with Crippen molar-refractivity contribution in [1.82, 2.24) is 4.90 Å². The number of rotatable bonds is 3. The molecule has 0 atom stereocenters. The number of carbonyl (C=O) groups is 1. The van der Waals surface area contributed by atoms with Gasteiger partial charge in [0.25, 0.3) is 5.91 Å². The van der Waals surface area contributed by atoms with Crippen LogP contribution in [0, 0.1) is 0 Å². The number of halogens is 1. The molecule has 1 fully saturated rings. The van der Waals surface area contributed by atoms with Crippen LogP contribution in [0.5, 0.6) is 0 Å². The van der Waals surface area contributed by atoms with Crippen molar-refractivity contribution in [2.75, 3.05) is 37.3 Å². The summed E-state index contributed by atoms with van der Waals surface area (Å²) in [7, 11) is 0. The maximum absolute atomic E-state index is 12.6. The third-order valence-corrected chi connectivity index (χ3v) is 5.06. The molecule has 1 heterocycles. The highest BCUT2D eigenvalue weighted by Gasteiger charge is 2.22. The van der Waals surface area contributed by atoms with E-state index >= 15 is 0 Å². The van der Waals surface area contributed by atoms with Gasteiger partial charge in [0.2, 0.25) is 0 Å². The van der Waals surface area contributed by atoms with E-state index in [1.165, 1.54) is 4.90 Å². The number of anilines is 1. The Morgan fingerprint density at radius 2 is 1.74 bits per heavy atom. The average molecular weight is 347 g/mol. The molecule has 1 aliphatic rings. The van der Waals surface area contributed by atoms with Gasteiger partial charge in [-0.05, 0) is 48.7 Å². The summed E-state index contributed by atoms with van der Waals surface area (Å²) >= 11 is 7.74. The van der Waals surface area contributed by atoms with Gasteiger partial charge in [0.1, 0.15) is 0 Å². The predicted octanol–water partition coefficient (Wildman–Crippen LogP) is 4.02. The van der Waals surface area contributed by atoms with Crippen LogP contribution in [0.2, 0.25) is 5.02 Å². The standard InChI is InChI=1S/C18H19ClN2OS/c1-23-17-7-5-14(6-8-17)18(22)21-11-9-20(10-12-21)16-4-2-3-15(19)13-16/h2-8,13H,9-12H2,1H3. The van der Waals surface area contributed by atoms with E-state index in [4.69, 9.17) is 11.6 Å². The van der Waals surface area contributed by atoms with E-state index in [0.29, 0.717) is 0 Å². The lowest BCUT2D eigenvalue weighted by molar-refractivity contribution is 0.0746. The van der Waals surface area contributed by atoms with Crippen LogP contribution in [0.25, 0.3) is 0 Å². The first-order valence-electron chi connectivity index (χ1n) is 7.61. The molecule has 0 N–H and O–H groups in total. The molecule has 3 nitrogen and oxygen atoms in total. The van der Waals surface area contributed by atoms with Crippen LogP contribution < -0.4 is 4.90 Å². The third kappa shape index (κ3) is 3.82. The molecule has 0 radical (unpaired) electrons. The van der Waals surface area contributed by atoms with Gasteiger partial charge in [0.15, 0.2) is 0 Å². The van der Waals surface area contributed by atoms with Gasteiger partial charge < -0.3 is 9.80 Å². The summed E-state index contributed by atoms with van der Waals surface area (Å²) < 4.78 is 0. The van der Waals surface area contributed by atoms with Gasteiger partial charge in [-0.3, -0.25) is 4.79 Å². The fourth-order valence-electron chi connectivity index (χ4n) is 2.76. The van der Waals surface area contributed by atoms with Gasteiger partial charge in [0.05, 0.1) is 0 Å². The van der Waals surface area contributed by atoms with E-state index in [1.807, 2.05) is 53.6 Å². The SMILES string of the molecule is CSc1ccc(C(=O)N2CCN(c3cccc(Cl)c3)CC2)cc1. The topological polar surface area (TPSA) is 23.6 Å². The van der Waals surface area contributed by atoms with Crippen molar-refractivity contribution in [3.63, 3.8) is 0 Å². The molecule has 0 spiro atoms. The van der Waals surface area contributed by atoms with Crippen LogP contribution in [-0.4, -0.2) is 43.2 Å². The highest BCUT2D eigenvalue weighted by atomic mass is 35.5. The lowest BCUT2D eigenvalue weighted by Crippen LogP contribution is -2.48. The van der Waals surface area contributed by atoms with E-state index in [1.54, 1.807) is 11.8 Å². The molecular formula is C18H19ClN2OS. The molecule has 0 bridgehead atoms. The van der Waals surface area contributed by atoms with E-state index in [-0.39, 0.29) is 5.91 Å². The fourth-order valence-corrected chi connectivity index (χ4v) is 3.35. The Balaban J connectivity index is 1.62. The van der Waals surface area contributed by atoms with Crippen LogP contribution in [0.3, 0.4) is 0 Å². The minimum Gasteiger partial charge on any atom is -0.368 e. The van der Waals surface area contributed by atoms with Gasteiger partial charge >= 0.3 is 0 Å². The van der Waals surface area contributed by atoms with E-state index in [0.717, 1.165) is 42.5 Å². The van der Waals surface area contributed by atoms with Crippen LogP contribution in [0.1, 0.15) is 10.4 Å². The lowest BCUT2D eigenvalue weighted by Gasteiger charge is -2.36. The summed E-state index contributed by atoms with van der Waals surface area (Å²) in [5, 5.41) is 0.745. The maximum Gasteiger partial charge on any atom is 0.253 e. The summed E-state index contributed by atoms with van der Waals surface area (Å²) in [6.45, 7) is 3.12. The van der Waals surface area contributed by atoms with Gasteiger partial charge in [-0.15, -0.1) is 11.8 Å². The Bertz CT molecular complexity index is 682. The molecule has 0 aromatic heterocycles. The predicted molar refractivity (Wildman–Crippen MR) is 97.8 cm³/mol. The Labute approximate surface area is 146 Å². The van der Waals surface area contributed by atoms with Crippen LogP contribution in [-0.2, 0) is 0 Å². The Kier molecular flexibility index (Phi) is 5.13. The monoisotopic (exact) mass is 346 g/mol. The van der Waals surface area contributed by atoms with Crippen molar-refractivity contribution in [1.29, 1.82) is 0 Å². The summed E-state index contributed by atoms with van der Waals surface area (Å²) in [5.74, 6) is 0.114. The zero-order valence-electron chi connectivity index (χ0n) is 13.0. The highest BCUT2D eigenvalue weighted by molar-refractivity contribution is 7.98. The second-order valence-electron chi connectivity index (χ2n) is 5.49. The first-order chi connectivity index (χ1) is 11.2. The minimum absolute atomic E-state index is 0.114. The van der Waals surface area contributed by atoms with Gasteiger partial charge in [-0.25, -0.2) is 0 Å². The molecular weight excluding hydrogens is 328 g/mol. The van der Waals surface area contributed by atoms with Crippen molar-refractivity contribution in [2.45, 2.75) is 4.90 Å². The molecule has 1 aliphatic heterocycles. The van der Waals surface area contributed by atoms with Crippen molar-refractivity contribution >= 4 is 35.0 Å². The summed E-state index contributed by atoms with van der Waals surface area (Å²) in [6, 6.07) is 15.7. The van der Waals surface area contributed by atoms with E-state index in [2.05, 4.69) is 11.0 Å². The molecule has 120 valence electrons. The molecule has 23 heavy (non-hydrogen) atoms. The smallest absolute Gasteiger partial charge is 0.253 e. The number of hydrogen-bond donors (Lipinski definition) is 0. The van der Waals surface area contributed by atoms with Crippen molar-refractivity contribution < 1.29 is 4.79 Å². The molecule has 0 saturated carbocycles. The molecule has 3 rings (SSSR count). The molecule has 1 amide bonds. The number of piperazine rings is 1. The average Bonchev–Trinajstić information content (AvgIpc) is 2.61. The number of amides is 1. The lowest BCUT2D eigenvalue weighted by atomic mass is 10.1. The molecule has 0 unspecified atom stereocenters. The van der Waals surface area contributed by atoms with Crippen LogP contribution >= 0.6 is 23.4 Å². The maximum atomic E-state index is 12.6. The number of nitrogens with zero attached hydrogens (tertiary/aromatic N) is 2. The van der Waals surface area contributed by atoms with E-state index in [9.17, 15) is 4.79 Å². The van der Waals surface area contributed by atoms with Crippen LogP contribution in [0.15, 0.2) is 53.4 Å². The summed E-state index contributed by atoms with van der Waals surface area (Å²) in [4.78, 5) is 17.9. The third-order valence-electron chi connectivity index (χ3n) is 4.08. The van der Waals surface area contributed by atoms with E-state index < -0.39 is 0 Å². The fraction of sp³-hybridized carbons (Fsp3) is 0.278. The molecule has 0 aliphatic carbocycles. The summed E-state index contributed by atoms with van der Waals surface area (Å²) in [6.07, 6.45) is 2.03. The van der Waals surface area contributed by atoms with Crippen LogP contribution in [0.4, 0.5) is 5.69 Å².